The van der Waals surface area contributed by atoms with Crippen LogP contribution in [-0.4, -0.2) is 26.4 Å². The van der Waals surface area contributed by atoms with Crippen molar-refractivity contribution in [2.24, 2.45) is 5.92 Å². The molecule has 0 aromatic heterocycles. The van der Waals surface area contributed by atoms with Gasteiger partial charge in [0.2, 0.25) is 0 Å². The molecule has 0 aromatic carbocycles. The van der Waals surface area contributed by atoms with Gasteiger partial charge in [-0.25, -0.2) is 0 Å². The van der Waals surface area contributed by atoms with Crippen LogP contribution in [0, 0.1) is 5.92 Å². The first-order valence-corrected chi connectivity index (χ1v) is 4.49. The van der Waals surface area contributed by atoms with Crippen LogP contribution in [-0.2, 0) is 9.47 Å². The monoisotopic (exact) mass is 158 g/mol. The summed E-state index contributed by atoms with van der Waals surface area (Å²) in [6.45, 7) is 3.99. The number of methoxy groups -OCH3 is 1. The molecular weight excluding hydrogens is 140 g/mol. The van der Waals surface area contributed by atoms with Crippen molar-refractivity contribution in [1.82, 2.24) is 0 Å². The predicted molar refractivity (Wildman–Crippen MR) is 44.6 cm³/mol. The maximum absolute atomic E-state index is 5.58. The molecule has 1 heterocycles. The third kappa shape index (κ3) is 2.46. The van der Waals surface area contributed by atoms with E-state index in [-0.39, 0.29) is 0 Å². The Bertz CT molecular complexity index is 91.7. The van der Waals surface area contributed by atoms with Crippen molar-refractivity contribution < 1.29 is 9.47 Å². The van der Waals surface area contributed by atoms with E-state index in [4.69, 9.17) is 9.47 Å². The fourth-order valence-electron chi connectivity index (χ4n) is 1.70. The first kappa shape index (κ1) is 9.01. The molecule has 0 aliphatic carbocycles. The summed E-state index contributed by atoms with van der Waals surface area (Å²) >= 11 is 0. The highest BCUT2D eigenvalue weighted by Gasteiger charge is 2.26. The van der Waals surface area contributed by atoms with Gasteiger partial charge in [0.1, 0.15) is 0 Å². The van der Waals surface area contributed by atoms with Gasteiger partial charge in [-0.15, -0.1) is 0 Å². The zero-order valence-electron chi connectivity index (χ0n) is 7.51. The van der Waals surface area contributed by atoms with E-state index in [1.807, 2.05) is 0 Å². The van der Waals surface area contributed by atoms with Crippen molar-refractivity contribution in [2.45, 2.75) is 32.3 Å². The largest absolute Gasteiger partial charge is 0.384 e. The van der Waals surface area contributed by atoms with Crippen LogP contribution < -0.4 is 0 Å². The average molecular weight is 158 g/mol. The molecule has 0 N–H and O–H groups in total. The molecule has 2 atom stereocenters. The van der Waals surface area contributed by atoms with Crippen molar-refractivity contribution in [3.8, 4) is 0 Å². The lowest BCUT2D eigenvalue weighted by atomic mass is 9.99. The van der Waals surface area contributed by atoms with E-state index in [2.05, 4.69) is 6.92 Å². The Morgan fingerprint density at radius 1 is 1.55 bits per heavy atom. The minimum atomic E-state index is 0.472. The molecule has 11 heavy (non-hydrogen) atoms. The maximum Gasteiger partial charge on any atom is 0.0626 e. The van der Waals surface area contributed by atoms with Gasteiger partial charge < -0.3 is 9.47 Å². The lowest BCUT2D eigenvalue weighted by Crippen LogP contribution is -2.19. The van der Waals surface area contributed by atoms with E-state index in [0.29, 0.717) is 12.0 Å². The van der Waals surface area contributed by atoms with E-state index >= 15 is 0 Å². The number of hydrogen-bond donors (Lipinski definition) is 0. The van der Waals surface area contributed by atoms with Gasteiger partial charge >= 0.3 is 0 Å². The minimum Gasteiger partial charge on any atom is -0.384 e. The van der Waals surface area contributed by atoms with Crippen LogP contribution in [0.15, 0.2) is 0 Å². The number of hydrogen-bond acceptors (Lipinski definition) is 2. The summed E-state index contributed by atoms with van der Waals surface area (Å²) in [6.07, 6.45) is 4.05. The summed E-state index contributed by atoms with van der Waals surface area (Å²) < 4.78 is 10.7. The minimum absolute atomic E-state index is 0.472. The quantitative estimate of drug-likeness (QED) is 0.621. The van der Waals surface area contributed by atoms with Crippen LogP contribution in [0.2, 0.25) is 0 Å². The van der Waals surface area contributed by atoms with Gasteiger partial charge in [-0.1, -0.05) is 13.3 Å². The third-order valence-electron chi connectivity index (χ3n) is 2.30. The fraction of sp³-hybridized carbons (Fsp3) is 1.00. The summed E-state index contributed by atoms with van der Waals surface area (Å²) in [5.41, 5.74) is 0. The van der Waals surface area contributed by atoms with Crippen molar-refractivity contribution >= 4 is 0 Å². The van der Waals surface area contributed by atoms with Crippen molar-refractivity contribution in [1.29, 1.82) is 0 Å². The Hall–Kier alpha value is -0.0800. The van der Waals surface area contributed by atoms with Gasteiger partial charge in [0.25, 0.3) is 0 Å². The third-order valence-corrected chi connectivity index (χ3v) is 2.30. The second-order valence-electron chi connectivity index (χ2n) is 3.20. The van der Waals surface area contributed by atoms with Crippen LogP contribution in [0.5, 0.6) is 0 Å². The Morgan fingerprint density at radius 3 is 3.00 bits per heavy atom. The van der Waals surface area contributed by atoms with E-state index < -0.39 is 0 Å². The zero-order chi connectivity index (χ0) is 8.10. The van der Waals surface area contributed by atoms with Crippen LogP contribution in [0.4, 0.5) is 0 Å². The fourth-order valence-corrected chi connectivity index (χ4v) is 1.70. The lowest BCUT2D eigenvalue weighted by Gasteiger charge is -2.16. The highest BCUT2D eigenvalue weighted by atomic mass is 16.5. The van der Waals surface area contributed by atoms with Crippen LogP contribution >= 0.6 is 0 Å². The molecule has 0 saturated carbocycles. The van der Waals surface area contributed by atoms with Gasteiger partial charge in [-0.2, -0.15) is 0 Å². The van der Waals surface area contributed by atoms with E-state index in [9.17, 15) is 0 Å². The number of ether oxygens (including phenoxy) is 2. The molecule has 0 aromatic rings. The van der Waals surface area contributed by atoms with Gasteiger partial charge in [-0.3, -0.25) is 0 Å². The van der Waals surface area contributed by atoms with E-state index in [0.717, 1.165) is 13.2 Å². The Kier molecular flexibility index (Phi) is 3.87. The molecule has 0 radical (unpaired) electrons. The molecule has 1 saturated heterocycles. The molecule has 66 valence electrons. The maximum atomic E-state index is 5.58. The highest BCUT2D eigenvalue weighted by Crippen LogP contribution is 2.24. The van der Waals surface area contributed by atoms with Gasteiger partial charge in [0.15, 0.2) is 0 Å². The summed E-state index contributed by atoms with van der Waals surface area (Å²) in [5, 5.41) is 0. The molecule has 1 fully saturated rings. The Labute approximate surface area is 68.9 Å². The topological polar surface area (TPSA) is 18.5 Å². The number of rotatable bonds is 4. The Balaban J connectivity index is 2.25. The van der Waals surface area contributed by atoms with Gasteiger partial charge in [0, 0.05) is 19.6 Å². The summed E-state index contributed by atoms with van der Waals surface area (Å²) in [7, 11) is 1.77. The molecule has 1 aliphatic heterocycles. The molecule has 2 unspecified atom stereocenters. The highest BCUT2D eigenvalue weighted by molar-refractivity contribution is 4.75. The van der Waals surface area contributed by atoms with Crippen LogP contribution in [0.25, 0.3) is 0 Å². The van der Waals surface area contributed by atoms with Crippen molar-refractivity contribution in [3.63, 3.8) is 0 Å². The van der Waals surface area contributed by atoms with Gasteiger partial charge in [0.05, 0.1) is 12.7 Å². The second-order valence-corrected chi connectivity index (χ2v) is 3.20. The summed E-state index contributed by atoms with van der Waals surface area (Å²) in [5.74, 6) is 0.653. The zero-order valence-corrected chi connectivity index (χ0v) is 7.51. The Morgan fingerprint density at radius 2 is 2.36 bits per heavy atom. The average Bonchev–Trinajstić information content (AvgIpc) is 2.39. The molecule has 0 spiro atoms. The molecule has 1 rings (SSSR count). The molecule has 2 heteroatoms. The standard InChI is InChI=1S/C9H18O2/c1-3-4-9-8(7-10-2)5-6-11-9/h8-9H,3-7H2,1-2H3. The van der Waals surface area contributed by atoms with Crippen molar-refractivity contribution in [2.75, 3.05) is 20.3 Å². The summed E-state index contributed by atoms with van der Waals surface area (Å²) in [4.78, 5) is 0. The van der Waals surface area contributed by atoms with Crippen molar-refractivity contribution in [3.05, 3.63) is 0 Å². The molecule has 2 nitrogen and oxygen atoms in total. The first-order valence-electron chi connectivity index (χ1n) is 4.49. The van der Waals surface area contributed by atoms with Crippen LogP contribution in [0.1, 0.15) is 26.2 Å². The second kappa shape index (κ2) is 4.73. The molecular formula is C9H18O2. The molecule has 1 aliphatic rings. The smallest absolute Gasteiger partial charge is 0.0626 e. The normalized spacial score (nSPS) is 31.1. The SMILES string of the molecule is CCCC1OCCC1COC. The molecule has 0 bridgehead atoms. The molecule has 0 amide bonds. The summed E-state index contributed by atoms with van der Waals surface area (Å²) in [6, 6.07) is 0. The lowest BCUT2D eigenvalue weighted by molar-refractivity contribution is 0.0539. The predicted octanol–water partition coefficient (Wildman–Crippen LogP) is 1.84. The van der Waals surface area contributed by atoms with E-state index in [1.165, 1.54) is 19.3 Å². The first-order chi connectivity index (χ1) is 5.38. The van der Waals surface area contributed by atoms with Gasteiger partial charge in [-0.05, 0) is 12.8 Å². The van der Waals surface area contributed by atoms with E-state index in [1.54, 1.807) is 7.11 Å². The van der Waals surface area contributed by atoms with Crippen LogP contribution in [0.3, 0.4) is 0 Å².